The van der Waals surface area contributed by atoms with Gasteiger partial charge in [-0.15, -0.1) is 0 Å². The van der Waals surface area contributed by atoms with Crippen molar-refractivity contribution in [1.29, 1.82) is 0 Å². The molecular formula is C22H22F2N2O3. The summed E-state index contributed by atoms with van der Waals surface area (Å²) in [7, 11) is 0. The molecule has 3 rings (SSSR count). The van der Waals surface area contributed by atoms with Gasteiger partial charge in [-0.1, -0.05) is 12.1 Å². The molecular weight excluding hydrogens is 378 g/mol. The van der Waals surface area contributed by atoms with Gasteiger partial charge in [0.1, 0.15) is 17.4 Å². The van der Waals surface area contributed by atoms with Gasteiger partial charge in [-0.2, -0.15) is 0 Å². The van der Waals surface area contributed by atoms with E-state index in [0.717, 1.165) is 23.4 Å². The standard InChI is InChI=1S/C22H22F2N2O3/c1-3-28-17-6-4-5-15(11-17)14(2)26-21(27)9-10-22-25-13-20(29-22)18-8-7-16(23)12-19(18)24/h4-8,11-14H,3,9-10H2,1-2H3,(H,26,27). The molecule has 2 aromatic carbocycles. The number of ether oxygens (including phenoxy) is 1. The molecule has 0 bridgehead atoms. The van der Waals surface area contributed by atoms with E-state index in [4.69, 9.17) is 9.15 Å². The van der Waals surface area contributed by atoms with Crippen LogP contribution in [0.1, 0.15) is 37.8 Å². The van der Waals surface area contributed by atoms with Gasteiger partial charge in [0.25, 0.3) is 0 Å². The molecule has 0 aliphatic rings. The van der Waals surface area contributed by atoms with E-state index in [1.165, 1.54) is 12.3 Å². The smallest absolute Gasteiger partial charge is 0.220 e. The van der Waals surface area contributed by atoms with Gasteiger partial charge < -0.3 is 14.5 Å². The fourth-order valence-electron chi connectivity index (χ4n) is 2.90. The first-order valence-corrected chi connectivity index (χ1v) is 9.38. The van der Waals surface area contributed by atoms with Crippen LogP contribution in [-0.4, -0.2) is 17.5 Å². The average Bonchev–Trinajstić information content (AvgIpc) is 3.15. The molecule has 152 valence electrons. The molecule has 0 spiro atoms. The summed E-state index contributed by atoms with van der Waals surface area (Å²) in [5.41, 5.74) is 1.06. The minimum Gasteiger partial charge on any atom is -0.494 e. The third-order valence-corrected chi connectivity index (χ3v) is 4.36. The van der Waals surface area contributed by atoms with Crippen molar-refractivity contribution in [2.24, 2.45) is 0 Å². The third-order valence-electron chi connectivity index (χ3n) is 4.36. The van der Waals surface area contributed by atoms with Crippen molar-refractivity contribution in [1.82, 2.24) is 10.3 Å². The molecule has 0 saturated heterocycles. The highest BCUT2D eigenvalue weighted by atomic mass is 19.1. The Morgan fingerprint density at radius 1 is 1.24 bits per heavy atom. The molecule has 29 heavy (non-hydrogen) atoms. The molecule has 1 unspecified atom stereocenters. The number of nitrogens with zero attached hydrogens (tertiary/aromatic N) is 1. The van der Waals surface area contributed by atoms with Gasteiger partial charge >= 0.3 is 0 Å². The van der Waals surface area contributed by atoms with E-state index in [0.29, 0.717) is 12.5 Å². The molecule has 0 fully saturated rings. The maximum atomic E-state index is 13.8. The normalized spacial score (nSPS) is 11.9. The summed E-state index contributed by atoms with van der Waals surface area (Å²) in [6.07, 6.45) is 1.80. The molecule has 0 aliphatic carbocycles. The lowest BCUT2D eigenvalue weighted by atomic mass is 10.1. The third kappa shape index (κ3) is 5.40. The highest BCUT2D eigenvalue weighted by Gasteiger charge is 2.14. The van der Waals surface area contributed by atoms with E-state index in [-0.39, 0.29) is 36.1 Å². The van der Waals surface area contributed by atoms with Crippen molar-refractivity contribution in [2.45, 2.75) is 32.7 Å². The number of benzene rings is 2. The Morgan fingerprint density at radius 3 is 2.83 bits per heavy atom. The number of oxazole rings is 1. The molecule has 7 heteroatoms. The monoisotopic (exact) mass is 400 g/mol. The molecule has 1 atom stereocenters. The van der Waals surface area contributed by atoms with E-state index in [9.17, 15) is 13.6 Å². The second-order valence-corrected chi connectivity index (χ2v) is 6.54. The Bertz CT molecular complexity index is 988. The van der Waals surface area contributed by atoms with Crippen LogP contribution in [0.2, 0.25) is 0 Å². The molecule has 5 nitrogen and oxygen atoms in total. The second kappa shape index (κ2) is 9.32. The zero-order valence-corrected chi connectivity index (χ0v) is 16.2. The zero-order valence-electron chi connectivity index (χ0n) is 16.2. The van der Waals surface area contributed by atoms with Crippen LogP contribution in [0.15, 0.2) is 53.1 Å². The predicted octanol–water partition coefficient (Wildman–Crippen LogP) is 4.83. The van der Waals surface area contributed by atoms with E-state index in [1.807, 2.05) is 38.1 Å². The van der Waals surface area contributed by atoms with Crippen LogP contribution in [0.4, 0.5) is 8.78 Å². The minimum absolute atomic E-state index is 0.123. The van der Waals surface area contributed by atoms with Gasteiger partial charge in [0.05, 0.1) is 24.4 Å². The maximum absolute atomic E-state index is 13.8. The van der Waals surface area contributed by atoms with Gasteiger partial charge in [0.2, 0.25) is 5.91 Å². The van der Waals surface area contributed by atoms with Crippen molar-refractivity contribution in [2.75, 3.05) is 6.61 Å². The average molecular weight is 400 g/mol. The van der Waals surface area contributed by atoms with Crippen LogP contribution in [0.25, 0.3) is 11.3 Å². The van der Waals surface area contributed by atoms with Gasteiger partial charge in [-0.25, -0.2) is 13.8 Å². The van der Waals surface area contributed by atoms with E-state index in [2.05, 4.69) is 10.3 Å². The van der Waals surface area contributed by atoms with Crippen LogP contribution in [0, 0.1) is 11.6 Å². The second-order valence-electron chi connectivity index (χ2n) is 6.54. The zero-order chi connectivity index (χ0) is 20.8. The quantitative estimate of drug-likeness (QED) is 0.588. The summed E-state index contributed by atoms with van der Waals surface area (Å²) in [4.78, 5) is 16.3. The molecule has 0 radical (unpaired) electrons. The first kappa shape index (κ1) is 20.5. The molecule has 0 saturated carbocycles. The van der Waals surface area contributed by atoms with Crippen LogP contribution >= 0.6 is 0 Å². The molecule has 3 aromatic rings. The summed E-state index contributed by atoms with van der Waals surface area (Å²) in [5, 5.41) is 2.92. The first-order valence-electron chi connectivity index (χ1n) is 9.38. The fourth-order valence-corrected chi connectivity index (χ4v) is 2.90. The lowest BCUT2D eigenvalue weighted by Gasteiger charge is -2.15. The van der Waals surface area contributed by atoms with Gasteiger partial charge in [0.15, 0.2) is 11.7 Å². The molecule has 1 amide bonds. The number of halogens is 2. The van der Waals surface area contributed by atoms with Crippen molar-refractivity contribution in [3.63, 3.8) is 0 Å². The van der Waals surface area contributed by atoms with Crippen LogP contribution < -0.4 is 10.1 Å². The van der Waals surface area contributed by atoms with Gasteiger partial charge in [0, 0.05) is 18.9 Å². The number of rotatable bonds is 8. The Morgan fingerprint density at radius 2 is 2.07 bits per heavy atom. The van der Waals surface area contributed by atoms with Crippen LogP contribution in [-0.2, 0) is 11.2 Å². The number of nitrogens with one attached hydrogen (secondary N) is 1. The first-order chi connectivity index (χ1) is 14.0. The molecule has 1 aromatic heterocycles. The number of aromatic nitrogens is 1. The minimum atomic E-state index is -0.728. The summed E-state index contributed by atoms with van der Waals surface area (Å²) in [6, 6.07) is 10.6. The largest absolute Gasteiger partial charge is 0.494 e. The predicted molar refractivity (Wildman–Crippen MR) is 104 cm³/mol. The number of hydrogen-bond donors (Lipinski definition) is 1. The maximum Gasteiger partial charge on any atom is 0.220 e. The highest BCUT2D eigenvalue weighted by molar-refractivity contribution is 5.76. The Hall–Kier alpha value is -3.22. The summed E-state index contributed by atoms with van der Waals surface area (Å²) >= 11 is 0. The molecule has 0 aliphatic heterocycles. The van der Waals surface area contributed by atoms with Crippen LogP contribution in [0.5, 0.6) is 5.75 Å². The number of aryl methyl sites for hydroxylation is 1. The SMILES string of the molecule is CCOc1cccc(C(C)NC(=O)CCc2ncc(-c3ccc(F)cc3F)o2)c1. The summed E-state index contributed by atoms with van der Waals surface area (Å²) in [5.74, 6) is -0.292. The van der Waals surface area contributed by atoms with Crippen molar-refractivity contribution in [3.05, 3.63) is 71.8 Å². The van der Waals surface area contributed by atoms with Crippen LogP contribution in [0.3, 0.4) is 0 Å². The van der Waals surface area contributed by atoms with Crippen molar-refractivity contribution >= 4 is 5.91 Å². The number of carbonyl (C=O) groups excluding carboxylic acids is 1. The topological polar surface area (TPSA) is 64.4 Å². The van der Waals surface area contributed by atoms with Crippen molar-refractivity contribution < 1.29 is 22.7 Å². The Kier molecular flexibility index (Phi) is 6.59. The van der Waals surface area contributed by atoms with E-state index >= 15 is 0 Å². The Balaban J connectivity index is 1.56. The van der Waals surface area contributed by atoms with Gasteiger partial charge in [-0.3, -0.25) is 4.79 Å². The van der Waals surface area contributed by atoms with E-state index < -0.39 is 11.6 Å². The van der Waals surface area contributed by atoms with Gasteiger partial charge in [-0.05, 0) is 43.7 Å². The van der Waals surface area contributed by atoms with E-state index in [1.54, 1.807) is 0 Å². The Labute approximate surface area is 167 Å². The lowest BCUT2D eigenvalue weighted by molar-refractivity contribution is -0.121. The fraction of sp³-hybridized carbons (Fsp3) is 0.273. The number of amides is 1. The van der Waals surface area contributed by atoms with Crippen molar-refractivity contribution in [3.8, 4) is 17.1 Å². The molecule has 1 N–H and O–H groups in total. The summed E-state index contributed by atoms with van der Waals surface area (Å²) in [6.45, 7) is 4.38. The molecule has 1 heterocycles. The number of hydrogen-bond acceptors (Lipinski definition) is 4. The highest BCUT2D eigenvalue weighted by Crippen LogP contribution is 2.25. The number of carbonyl (C=O) groups is 1. The summed E-state index contributed by atoms with van der Waals surface area (Å²) < 4.78 is 37.9. The lowest BCUT2D eigenvalue weighted by Crippen LogP contribution is -2.26.